The molecular formula is C19H14N4O. The van der Waals surface area contributed by atoms with Crippen molar-refractivity contribution >= 4 is 41.0 Å². The number of allylic oxidation sites excluding steroid dienone is 2. The van der Waals surface area contributed by atoms with E-state index in [-0.39, 0.29) is 5.78 Å². The van der Waals surface area contributed by atoms with Crippen LogP contribution < -0.4 is 10.6 Å². The molecule has 0 aromatic heterocycles. The van der Waals surface area contributed by atoms with Crippen LogP contribution in [0.15, 0.2) is 82.1 Å². The number of Topliss-reactive ketones (excluding diaryl/α,β-unsaturated/α-hetero) is 1. The predicted molar refractivity (Wildman–Crippen MR) is 97.6 cm³/mol. The van der Waals surface area contributed by atoms with Gasteiger partial charge in [-0.05, 0) is 36.4 Å². The molecule has 0 spiro atoms. The zero-order valence-corrected chi connectivity index (χ0v) is 12.7. The fraction of sp³-hybridized carbons (Fsp3) is 0. The summed E-state index contributed by atoms with van der Waals surface area (Å²) in [4.78, 5) is 21.6. The van der Waals surface area contributed by atoms with E-state index < -0.39 is 0 Å². The molecule has 0 amide bonds. The highest BCUT2D eigenvalue weighted by Crippen LogP contribution is 2.30. The van der Waals surface area contributed by atoms with E-state index >= 15 is 0 Å². The number of nitrogens with zero attached hydrogens (tertiary/aromatic N) is 2. The van der Waals surface area contributed by atoms with Gasteiger partial charge in [-0.3, -0.25) is 14.8 Å². The Hall–Kier alpha value is -3.47. The Kier molecular flexibility index (Phi) is 3.51. The third-order valence-electron chi connectivity index (χ3n) is 3.75. The summed E-state index contributed by atoms with van der Waals surface area (Å²) in [6, 6.07) is 15.2. The number of benzene rings is 2. The lowest BCUT2D eigenvalue weighted by Gasteiger charge is -2.13. The maximum Gasteiger partial charge on any atom is 0.225 e. The van der Waals surface area contributed by atoms with Gasteiger partial charge < -0.3 is 10.6 Å². The normalized spacial score (nSPS) is 14.8. The molecule has 2 aromatic rings. The van der Waals surface area contributed by atoms with E-state index in [2.05, 4.69) is 20.6 Å². The lowest BCUT2D eigenvalue weighted by molar-refractivity contribution is -0.112. The highest BCUT2D eigenvalue weighted by molar-refractivity contribution is 6.16. The Bertz CT molecular complexity index is 862. The van der Waals surface area contributed by atoms with Crippen LogP contribution >= 0.6 is 0 Å². The lowest BCUT2D eigenvalue weighted by Crippen LogP contribution is -2.18. The summed E-state index contributed by atoms with van der Waals surface area (Å²) in [5.74, 6) is -0.152. The van der Waals surface area contributed by atoms with Crippen molar-refractivity contribution in [3.63, 3.8) is 0 Å². The molecule has 0 atom stereocenters. The fourth-order valence-corrected chi connectivity index (χ4v) is 2.55. The number of hydrogen-bond acceptors (Lipinski definition) is 5. The van der Waals surface area contributed by atoms with Crippen LogP contribution in [0.2, 0.25) is 0 Å². The van der Waals surface area contributed by atoms with Crippen molar-refractivity contribution in [2.75, 3.05) is 10.6 Å². The zero-order valence-electron chi connectivity index (χ0n) is 12.7. The number of fused-ring (bicyclic) bond motifs is 2. The average Bonchev–Trinajstić information content (AvgIpc) is 2.96. The van der Waals surface area contributed by atoms with Crippen LogP contribution in [0.3, 0.4) is 0 Å². The Morgan fingerprint density at radius 1 is 0.708 bits per heavy atom. The molecule has 0 aliphatic carbocycles. The van der Waals surface area contributed by atoms with E-state index in [1.54, 1.807) is 24.6 Å². The van der Waals surface area contributed by atoms with Crippen LogP contribution in [-0.4, -0.2) is 18.2 Å². The first-order chi connectivity index (χ1) is 11.8. The highest BCUT2D eigenvalue weighted by atomic mass is 16.1. The number of ketones is 1. The van der Waals surface area contributed by atoms with Gasteiger partial charge in [-0.2, -0.15) is 0 Å². The van der Waals surface area contributed by atoms with Gasteiger partial charge in [0.25, 0.3) is 0 Å². The van der Waals surface area contributed by atoms with E-state index in [9.17, 15) is 4.79 Å². The fourth-order valence-electron chi connectivity index (χ4n) is 2.55. The van der Waals surface area contributed by atoms with Gasteiger partial charge in [-0.25, -0.2) is 0 Å². The molecule has 0 bridgehead atoms. The van der Waals surface area contributed by atoms with Crippen LogP contribution in [-0.2, 0) is 4.79 Å². The van der Waals surface area contributed by atoms with Crippen molar-refractivity contribution in [1.29, 1.82) is 0 Å². The zero-order chi connectivity index (χ0) is 16.4. The van der Waals surface area contributed by atoms with E-state index in [0.29, 0.717) is 11.4 Å². The molecule has 4 rings (SSSR count). The van der Waals surface area contributed by atoms with Gasteiger partial charge in [0.05, 0.1) is 34.1 Å². The Labute approximate surface area is 139 Å². The largest absolute Gasteiger partial charge is 0.350 e. The molecule has 2 N–H and O–H groups in total. The Morgan fingerprint density at radius 3 is 1.67 bits per heavy atom. The van der Waals surface area contributed by atoms with Crippen LogP contribution in [0.1, 0.15) is 0 Å². The van der Waals surface area contributed by atoms with Gasteiger partial charge in [0.1, 0.15) is 0 Å². The van der Waals surface area contributed by atoms with Crippen molar-refractivity contribution in [3.8, 4) is 0 Å². The second-order valence-electron chi connectivity index (χ2n) is 5.33. The Morgan fingerprint density at radius 2 is 1.17 bits per heavy atom. The molecule has 116 valence electrons. The van der Waals surface area contributed by atoms with E-state index in [1.807, 2.05) is 48.5 Å². The van der Waals surface area contributed by atoms with Crippen molar-refractivity contribution in [1.82, 2.24) is 0 Å². The quantitative estimate of drug-likeness (QED) is 0.881. The maximum absolute atomic E-state index is 12.9. The molecule has 0 fully saturated rings. The van der Waals surface area contributed by atoms with Crippen molar-refractivity contribution < 1.29 is 4.79 Å². The highest BCUT2D eigenvalue weighted by Gasteiger charge is 2.19. The maximum atomic E-state index is 12.9. The molecule has 2 heterocycles. The summed E-state index contributed by atoms with van der Waals surface area (Å²) in [5.41, 5.74) is 4.10. The summed E-state index contributed by atoms with van der Waals surface area (Å²) in [6.07, 6.45) is 6.62. The SMILES string of the molecule is O=C(C1=CC=Nc2ccccc2N1)C1=CC=Nc2ccccc2N1. The van der Waals surface area contributed by atoms with Gasteiger partial charge in [0.15, 0.2) is 0 Å². The van der Waals surface area contributed by atoms with Crippen molar-refractivity contribution in [2.24, 2.45) is 9.98 Å². The molecule has 0 unspecified atom stereocenters. The van der Waals surface area contributed by atoms with E-state index in [4.69, 9.17) is 0 Å². The first-order valence-corrected chi connectivity index (χ1v) is 7.57. The number of carbonyl (C=O) groups excluding carboxylic acids is 1. The van der Waals surface area contributed by atoms with Gasteiger partial charge in [0.2, 0.25) is 5.78 Å². The molecule has 5 nitrogen and oxygen atoms in total. The number of aliphatic imine (C=N–C) groups is 2. The third-order valence-corrected chi connectivity index (χ3v) is 3.75. The molecule has 0 saturated carbocycles. The summed E-state index contributed by atoms with van der Waals surface area (Å²) >= 11 is 0. The molecule has 5 heteroatoms. The van der Waals surface area contributed by atoms with Crippen molar-refractivity contribution in [3.05, 3.63) is 72.1 Å². The van der Waals surface area contributed by atoms with Gasteiger partial charge >= 0.3 is 0 Å². The second kappa shape index (κ2) is 5.96. The standard InChI is InChI=1S/C19H14N4O/c24-19(17-9-11-20-13-5-1-3-7-15(13)22-17)18-10-12-21-14-6-2-4-8-16(14)23-18/h1-12,22-23H. The predicted octanol–water partition coefficient (Wildman–Crippen LogP) is 3.98. The summed E-state index contributed by atoms with van der Waals surface area (Å²) < 4.78 is 0. The molecule has 0 radical (unpaired) electrons. The minimum absolute atomic E-state index is 0.152. The smallest absolute Gasteiger partial charge is 0.225 e. The Balaban J connectivity index is 1.63. The number of rotatable bonds is 2. The first-order valence-electron chi connectivity index (χ1n) is 7.57. The second-order valence-corrected chi connectivity index (χ2v) is 5.33. The third kappa shape index (κ3) is 2.63. The molecule has 2 aromatic carbocycles. The van der Waals surface area contributed by atoms with E-state index in [0.717, 1.165) is 22.7 Å². The van der Waals surface area contributed by atoms with Crippen LogP contribution in [0.4, 0.5) is 22.7 Å². The summed E-state index contributed by atoms with van der Waals surface area (Å²) in [6.45, 7) is 0. The van der Waals surface area contributed by atoms with Crippen LogP contribution in [0.5, 0.6) is 0 Å². The average molecular weight is 314 g/mol. The molecular weight excluding hydrogens is 300 g/mol. The van der Waals surface area contributed by atoms with E-state index in [1.165, 1.54) is 0 Å². The summed E-state index contributed by atoms with van der Waals surface area (Å²) in [7, 11) is 0. The van der Waals surface area contributed by atoms with Crippen LogP contribution in [0.25, 0.3) is 0 Å². The molecule has 24 heavy (non-hydrogen) atoms. The number of para-hydroxylation sites is 4. The summed E-state index contributed by atoms with van der Waals surface area (Å²) in [5, 5.41) is 6.32. The topological polar surface area (TPSA) is 65.8 Å². The van der Waals surface area contributed by atoms with Gasteiger partial charge in [0, 0.05) is 12.4 Å². The van der Waals surface area contributed by atoms with Crippen LogP contribution in [0, 0.1) is 0 Å². The minimum Gasteiger partial charge on any atom is -0.350 e. The minimum atomic E-state index is -0.152. The van der Waals surface area contributed by atoms with Crippen molar-refractivity contribution in [2.45, 2.75) is 0 Å². The number of hydrogen-bond donors (Lipinski definition) is 2. The number of anilines is 2. The molecule has 0 saturated heterocycles. The number of carbonyl (C=O) groups is 1. The lowest BCUT2D eigenvalue weighted by atomic mass is 10.1. The number of nitrogens with one attached hydrogen (secondary N) is 2. The molecule has 2 aliphatic heterocycles. The molecule has 2 aliphatic rings. The van der Waals surface area contributed by atoms with Gasteiger partial charge in [-0.1, -0.05) is 24.3 Å². The first kappa shape index (κ1) is 14.1. The van der Waals surface area contributed by atoms with Gasteiger partial charge in [-0.15, -0.1) is 0 Å². The monoisotopic (exact) mass is 314 g/mol.